The first-order valence-electron chi connectivity index (χ1n) is 7.31. The van der Waals surface area contributed by atoms with Crippen LogP contribution < -0.4 is 5.32 Å². The maximum Gasteiger partial charge on any atom is 0.0478 e. The molecule has 1 rings (SSSR count). The van der Waals surface area contributed by atoms with Gasteiger partial charge in [0.1, 0.15) is 0 Å². The summed E-state index contributed by atoms with van der Waals surface area (Å²) in [4.78, 5) is 2.59. The molecule has 3 nitrogen and oxygen atoms in total. The number of hydrogen-bond acceptors (Lipinski definition) is 3. The van der Waals surface area contributed by atoms with Crippen LogP contribution in [-0.4, -0.2) is 50.3 Å². The molecule has 0 radical (unpaired) electrons. The van der Waals surface area contributed by atoms with Crippen molar-refractivity contribution in [1.29, 1.82) is 0 Å². The normalized spacial score (nSPS) is 23.8. The van der Waals surface area contributed by atoms with Gasteiger partial charge >= 0.3 is 0 Å². The van der Waals surface area contributed by atoms with Crippen molar-refractivity contribution in [2.45, 2.75) is 46.1 Å². The fourth-order valence-corrected chi connectivity index (χ4v) is 2.35. The van der Waals surface area contributed by atoms with Crippen molar-refractivity contribution in [3.8, 4) is 0 Å². The SMILES string of the molecule is CCCOCCCN1CCNC(C(C)CC)C1. The van der Waals surface area contributed by atoms with Crippen LogP contribution >= 0.6 is 0 Å². The Balaban J connectivity index is 2.12. The summed E-state index contributed by atoms with van der Waals surface area (Å²) in [6, 6.07) is 0.685. The zero-order chi connectivity index (χ0) is 12.5. The highest BCUT2D eigenvalue weighted by Crippen LogP contribution is 2.12. The van der Waals surface area contributed by atoms with Crippen LogP contribution in [0.15, 0.2) is 0 Å². The van der Waals surface area contributed by atoms with E-state index in [0.29, 0.717) is 6.04 Å². The Morgan fingerprint density at radius 3 is 2.88 bits per heavy atom. The van der Waals surface area contributed by atoms with Crippen LogP contribution in [-0.2, 0) is 4.74 Å². The van der Waals surface area contributed by atoms with Crippen LogP contribution in [0, 0.1) is 5.92 Å². The van der Waals surface area contributed by atoms with Gasteiger partial charge in [0.2, 0.25) is 0 Å². The number of rotatable bonds is 8. The number of nitrogens with zero attached hydrogens (tertiary/aromatic N) is 1. The first-order valence-corrected chi connectivity index (χ1v) is 7.31. The lowest BCUT2D eigenvalue weighted by atomic mass is 9.97. The van der Waals surface area contributed by atoms with Gasteiger partial charge in [-0.3, -0.25) is 0 Å². The van der Waals surface area contributed by atoms with Gasteiger partial charge in [0, 0.05) is 45.4 Å². The lowest BCUT2D eigenvalue weighted by molar-refractivity contribution is 0.109. The molecule has 1 aliphatic heterocycles. The smallest absolute Gasteiger partial charge is 0.0478 e. The highest BCUT2D eigenvalue weighted by Gasteiger charge is 2.22. The van der Waals surface area contributed by atoms with Gasteiger partial charge < -0.3 is 15.0 Å². The highest BCUT2D eigenvalue weighted by molar-refractivity contribution is 4.81. The van der Waals surface area contributed by atoms with Crippen LogP contribution in [0.25, 0.3) is 0 Å². The van der Waals surface area contributed by atoms with Gasteiger partial charge in [-0.25, -0.2) is 0 Å². The first kappa shape index (κ1) is 14.9. The van der Waals surface area contributed by atoms with Gasteiger partial charge in [-0.15, -0.1) is 0 Å². The number of ether oxygens (including phenoxy) is 1. The molecule has 0 saturated carbocycles. The van der Waals surface area contributed by atoms with Crippen LogP contribution in [0.4, 0.5) is 0 Å². The zero-order valence-electron chi connectivity index (χ0n) is 11.9. The molecule has 2 unspecified atom stereocenters. The van der Waals surface area contributed by atoms with Gasteiger partial charge in [-0.1, -0.05) is 27.2 Å². The topological polar surface area (TPSA) is 24.5 Å². The molecule has 0 amide bonds. The molecule has 0 aromatic carbocycles. The zero-order valence-corrected chi connectivity index (χ0v) is 11.9. The minimum absolute atomic E-state index is 0.685. The lowest BCUT2D eigenvalue weighted by Gasteiger charge is -2.36. The predicted octanol–water partition coefficient (Wildman–Crippen LogP) is 2.12. The van der Waals surface area contributed by atoms with Gasteiger partial charge in [0.25, 0.3) is 0 Å². The van der Waals surface area contributed by atoms with Crippen LogP contribution in [0.1, 0.15) is 40.0 Å². The van der Waals surface area contributed by atoms with E-state index in [1.54, 1.807) is 0 Å². The molecule has 0 bridgehead atoms. The number of nitrogens with one attached hydrogen (secondary N) is 1. The van der Waals surface area contributed by atoms with E-state index in [1.165, 1.54) is 32.5 Å². The number of piperazine rings is 1. The fourth-order valence-electron chi connectivity index (χ4n) is 2.35. The summed E-state index contributed by atoms with van der Waals surface area (Å²) in [6.45, 7) is 13.4. The second kappa shape index (κ2) is 8.90. The second-order valence-electron chi connectivity index (χ2n) is 5.21. The molecule has 1 aliphatic rings. The van der Waals surface area contributed by atoms with E-state index in [1.807, 2.05) is 0 Å². The Kier molecular flexibility index (Phi) is 7.82. The summed E-state index contributed by atoms with van der Waals surface area (Å²) in [7, 11) is 0. The molecule has 102 valence electrons. The molecule has 0 aliphatic carbocycles. The number of hydrogen-bond donors (Lipinski definition) is 1. The van der Waals surface area contributed by atoms with Crippen molar-refractivity contribution in [2.24, 2.45) is 5.92 Å². The van der Waals surface area contributed by atoms with E-state index in [-0.39, 0.29) is 0 Å². The van der Waals surface area contributed by atoms with Crippen LogP contribution in [0.2, 0.25) is 0 Å². The van der Waals surface area contributed by atoms with E-state index in [4.69, 9.17) is 4.74 Å². The molecule has 3 heteroatoms. The van der Waals surface area contributed by atoms with Crippen molar-refractivity contribution in [3.05, 3.63) is 0 Å². The molecule has 0 aromatic rings. The fraction of sp³-hybridized carbons (Fsp3) is 1.00. The third kappa shape index (κ3) is 5.84. The van der Waals surface area contributed by atoms with E-state index in [0.717, 1.165) is 32.1 Å². The van der Waals surface area contributed by atoms with Crippen molar-refractivity contribution >= 4 is 0 Å². The van der Waals surface area contributed by atoms with Gasteiger partial charge in [-0.2, -0.15) is 0 Å². The Morgan fingerprint density at radius 2 is 2.18 bits per heavy atom. The Hall–Kier alpha value is -0.120. The minimum Gasteiger partial charge on any atom is -0.381 e. The molecule has 0 aromatic heterocycles. The Labute approximate surface area is 107 Å². The third-order valence-corrected chi connectivity index (χ3v) is 3.73. The molecule has 1 saturated heterocycles. The molecule has 2 atom stereocenters. The molecule has 17 heavy (non-hydrogen) atoms. The highest BCUT2D eigenvalue weighted by atomic mass is 16.5. The van der Waals surface area contributed by atoms with E-state index < -0.39 is 0 Å². The van der Waals surface area contributed by atoms with Crippen LogP contribution in [0.3, 0.4) is 0 Å². The van der Waals surface area contributed by atoms with E-state index in [9.17, 15) is 0 Å². The molecule has 1 heterocycles. The Morgan fingerprint density at radius 1 is 1.35 bits per heavy atom. The van der Waals surface area contributed by atoms with E-state index in [2.05, 4.69) is 31.0 Å². The summed E-state index contributed by atoms with van der Waals surface area (Å²) in [5.41, 5.74) is 0. The van der Waals surface area contributed by atoms with Gasteiger partial charge in [0.15, 0.2) is 0 Å². The van der Waals surface area contributed by atoms with Crippen molar-refractivity contribution in [2.75, 3.05) is 39.4 Å². The monoisotopic (exact) mass is 242 g/mol. The lowest BCUT2D eigenvalue weighted by Crippen LogP contribution is -2.53. The van der Waals surface area contributed by atoms with Crippen molar-refractivity contribution in [3.63, 3.8) is 0 Å². The standard InChI is InChI=1S/C14H30N2O/c1-4-10-17-11-6-8-16-9-7-15-14(12-16)13(3)5-2/h13-15H,4-12H2,1-3H3. The maximum atomic E-state index is 5.53. The van der Waals surface area contributed by atoms with Crippen molar-refractivity contribution < 1.29 is 4.74 Å². The summed E-state index contributed by atoms with van der Waals surface area (Å²) in [5.74, 6) is 0.786. The van der Waals surface area contributed by atoms with Crippen molar-refractivity contribution in [1.82, 2.24) is 10.2 Å². The second-order valence-corrected chi connectivity index (χ2v) is 5.21. The summed E-state index contributed by atoms with van der Waals surface area (Å²) < 4.78 is 5.53. The predicted molar refractivity (Wildman–Crippen MR) is 73.4 cm³/mol. The largest absolute Gasteiger partial charge is 0.381 e. The van der Waals surface area contributed by atoms with Crippen LogP contribution in [0.5, 0.6) is 0 Å². The van der Waals surface area contributed by atoms with E-state index >= 15 is 0 Å². The van der Waals surface area contributed by atoms with Gasteiger partial charge in [0.05, 0.1) is 0 Å². The maximum absolute atomic E-state index is 5.53. The average molecular weight is 242 g/mol. The van der Waals surface area contributed by atoms with Gasteiger partial charge in [-0.05, 0) is 18.8 Å². The summed E-state index contributed by atoms with van der Waals surface area (Å²) in [6.07, 6.45) is 3.57. The third-order valence-electron chi connectivity index (χ3n) is 3.73. The minimum atomic E-state index is 0.685. The molecule has 0 spiro atoms. The first-order chi connectivity index (χ1) is 8.27. The molecular formula is C14H30N2O. The average Bonchev–Trinajstić information content (AvgIpc) is 2.38. The Bertz CT molecular complexity index is 187. The molecule has 1 fully saturated rings. The summed E-state index contributed by atoms with van der Waals surface area (Å²) >= 11 is 0. The molecular weight excluding hydrogens is 212 g/mol. The summed E-state index contributed by atoms with van der Waals surface area (Å²) in [5, 5.41) is 3.64. The molecule has 1 N–H and O–H groups in total. The quantitative estimate of drug-likeness (QED) is 0.660.